The number of rotatable bonds is 2. The lowest BCUT2D eigenvalue weighted by Gasteiger charge is -2.25. The number of fused-ring (bicyclic) bond motifs is 6. The summed E-state index contributed by atoms with van der Waals surface area (Å²) in [5, 5.41) is 5.27. The standard InChI is InChI=1S/C39H30/c1-39(2)35-18-10-9-13-29(35)30-22-21-28(24-36(30)39)38-33-16-7-5-14-31(33)37(32-15-6-8-17-34(32)38)27-20-19-25-11-3-4-12-26(25)23-27/h3-26H,1-2H3. The van der Waals surface area contributed by atoms with Gasteiger partial charge in [-0.05, 0) is 72.1 Å². The van der Waals surface area contributed by atoms with Gasteiger partial charge in [-0.2, -0.15) is 0 Å². The highest BCUT2D eigenvalue weighted by molar-refractivity contribution is 6.19. The summed E-state index contributed by atoms with van der Waals surface area (Å²) in [6.07, 6.45) is 16.2. The maximum atomic E-state index is 2.47. The average molecular weight is 499 g/mol. The third-order valence-electron chi connectivity index (χ3n) is 9.18. The van der Waals surface area contributed by atoms with Crippen LogP contribution in [0.3, 0.4) is 0 Å². The Balaban J connectivity index is 1.40. The van der Waals surface area contributed by atoms with E-state index in [0.717, 1.165) is 0 Å². The molecule has 0 nitrogen and oxygen atoms in total. The molecule has 2 unspecified atom stereocenters. The van der Waals surface area contributed by atoms with E-state index in [1.165, 1.54) is 66.1 Å². The molecule has 5 aromatic carbocycles. The number of allylic oxidation sites excluding steroid dienone is 8. The Bertz CT molecular complexity index is 1880. The topological polar surface area (TPSA) is 0 Å². The van der Waals surface area contributed by atoms with Crippen molar-refractivity contribution in [3.05, 3.63) is 150 Å². The molecule has 0 spiro atoms. The summed E-state index contributed by atoms with van der Waals surface area (Å²) in [4.78, 5) is 0. The van der Waals surface area contributed by atoms with Crippen LogP contribution in [0.5, 0.6) is 0 Å². The quantitative estimate of drug-likeness (QED) is 0.212. The third kappa shape index (κ3) is 3.25. The fraction of sp³-hybridized carbons (Fsp3) is 0.128. The second kappa shape index (κ2) is 8.29. The highest BCUT2D eigenvalue weighted by Gasteiger charge is 2.35. The van der Waals surface area contributed by atoms with Gasteiger partial charge >= 0.3 is 0 Å². The van der Waals surface area contributed by atoms with Gasteiger partial charge in [0.25, 0.3) is 0 Å². The van der Waals surface area contributed by atoms with Crippen molar-refractivity contribution < 1.29 is 0 Å². The smallest absolute Gasteiger partial charge is 0.0159 e. The molecule has 186 valence electrons. The van der Waals surface area contributed by atoms with E-state index in [4.69, 9.17) is 0 Å². The van der Waals surface area contributed by atoms with Crippen molar-refractivity contribution >= 4 is 27.1 Å². The molecule has 0 aromatic heterocycles. The summed E-state index contributed by atoms with van der Waals surface area (Å²) in [6, 6.07) is 34.1. The Morgan fingerprint density at radius 2 is 1.13 bits per heavy atom. The van der Waals surface area contributed by atoms with Crippen LogP contribution in [-0.2, 0) is 5.41 Å². The molecule has 0 radical (unpaired) electrons. The minimum absolute atomic E-state index is 0.0241. The van der Waals surface area contributed by atoms with Crippen molar-refractivity contribution in [1.29, 1.82) is 0 Å². The van der Waals surface area contributed by atoms with Gasteiger partial charge in [0, 0.05) is 17.3 Å². The van der Waals surface area contributed by atoms with Gasteiger partial charge in [0.15, 0.2) is 0 Å². The number of benzene rings is 5. The first-order chi connectivity index (χ1) is 19.1. The average Bonchev–Trinajstić information content (AvgIpc) is 3.21. The first-order valence-electron chi connectivity index (χ1n) is 14.0. The lowest BCUT2D eigenvalue weighted by atomic mass is 9.78. The van der Waals surface area contributed by atoms with Gasteiger partial charge in [-0.1, -0.05) is 141 Å². The summed E-state index contributed by atoms with van der Waals surface area (Å²) < 4.78 is 0. The molecular weight excluding hydrogens is 468 g/mol. The van der Waals surface area contributed by atoms with Crippen LogP contribution in [0, 0.1) is 11.8 Å². The maximum absolute atomic E-state index is 2.47. The molecule has 0 heteroatoms. The van der Waals surface area contributed by atoms with Gasteiger partial charge in [0.1, 0.15) is 0 Å². The summed E-state index contributed by atoms with van der Waals surface area (Å²) in [6.45, 7) is 4.73. The minimum atomic E-state index is -0.0241. The number of hydrogen-bond donors (Lipinski definition) is 0. The summed E-state index contributed by atoms with van der Waals surface area (Å²) in [7, 11) is 0. The van der Waals surface area contributed by atoms with E-state index in [1.807, 2.05) is 0 Å². The fourth-order valence-electron chi connectivity index (χ4n) is 7.26. The van der Waals surface area contributed by atoms with E-state index >= 15 is 0 Å². The Kier molecular flexibility index (Phi) is 4.79. The van der Waals surface area contributed by atoms with Gasteiger partial charge in [-0.3, -0.25) is 0 Å². The largest absolute Gasteiger partial charge is 0.0767 e. The molecule has 0 heterocycles. The lowest BCUT2D eigenvalue weighted by Crippen LogP contribution is -2.14. The molecule has 3 aliphatic rings. The van der Waals surface area contributed by atoms with Crippen LogP contribution in [0.25, 0.3) is 49.4 Å². The lowest BCUT2D eigenvalue weighted by molar-refractivity contribution is 0.660. The van der Waals surface area contributed by atoms with Crippen LogP contribution in [0.2, 0.25) is 0 Å². The second-order valence-electron chi connectivity index (χ2n) is 11.7. The molecule has 5 aromatic rings. The Morgan fingerprint density at radius 3 is 1.85 bits per heavy atom. The zero-order valence-electron chi connectivity index (χ0n) is 22.4. The Morgan fingerprint density at radius 1 is 0.538 bits per heavy atom. The van der Waals surface area contributed by atoms with Gasteiger partial charge in [0.2, 0.25) is 0 Å². The minimum Gasteiger partial charge on any atom is -0.0767 e. The molecule has 0 saturated carbocycles. The molecule has 0 fully saturated rings. The van der Waals surface area contributed by atoms with Gasteiger partial charge < -0.3 is 0 Å². The second-order valence-corrected chi connectivity index (χ2v) is 11.7. The SMILES string of the molecule is CC1(C)c2ccccc2-c2ccc(-c3c4ccccc4c(C4=CC5C=CC=CC5C=C4)c4ccccc34)cc21. The van der Waals surface area contributed by atoms with Crippen LogP contribution in [0.1, 0.15) is 30.5 Å². The van der Waals surface area contributed by atoms with Crippen molar-refractivity contribution in [2.45, 2.75) is 19.3 Å². The molecule has 0 amide bonds. The predicted molar refractivity (Wildman–Crippen MR) is 167 cm³/mol. The molecule has 0 saturated heterocycles. The molecular formula is C39H30. The predicted octanol–water partition coefficient (Wildman–Crippen LogP) is 10.3. The van der Waals surface area contributed by atoms with E-state index in [0.29, 0.717) is 11.8 Å². The molecule has 0 bridgehead atoms. The molecule has 8 rings (SSSR count). The van der Waals surface area contributed by atoms with Crippen molar-refractivity contribution in [2.24, 2.45) is 11.8 Å². The zero-order valence-corrected chi connectivity index (χ0v) is 22.4. The van der Waals surface area contributed by atoms with Crippen molar-refractivity contribution in [3.63, 3.8) is 0 Å². The van der Waals surface area contributed by atoms with Gasteiger partial charge in [-0.25, -0.2) is 0 Å². The van der Waals surface area contributed by atoms with Crippen LogP contribution in [-0.4, -0.2) is 0 Å². The van der Waals surface area contributed by atoms with E-state index in [2.05, 4.69) is 147 Å². The molecule has 3 aliphatic carbocycles. The van der Waals surface area contributed by atoms with Gasteiger partial charge in [-0.15, -0.1) is 0 Å². The summed E-state index contributed by atoms with van der Waals surface area (Å²) in [5.74, 6) is 0.863. The van der Waals surface area contributed by atoms with E-state index in [9.17, 15) is 0 Å². The molecule has 39 heavy (non-hydrogen) atoms. The van der Waals surface area contributed by atoms with Crippen LogP contribution < -0.4 is 0 Å². The third-order valence-corrected chi connectivity index (χ3v) is 9.18. The van der Waals surface area contributed by atoms with Crippen molar-refractivity contribution in [2.75, 3.05) is 0 Å². The molecule has 0 N–H and O–H groups in total. The molecule has 2 atom stereocenters. The first kappa shape index (κ1) is 22.6. The molecule has 0 aliphatic heterocycles. The maximum Gasteiger partial charge on any atom is 0.0159 e. The van der Waals surface area contributed by atoms with Crippen molar-refractivity contribution in [3.8, 4) is 22.3 Å². The number of hydrogen-bond acceptors (Lipinski definition) is 0. The zero-order chi connectivity index (χ0) is 26.1. The van der Waals surface area contributed by atoms with E-state index < -0.39 is 0 Å². The van der Waals surface area contributed by atoms with Gasteiger partial charge in [0.05, 0.1) is 0 Å². The monoisotopic (exact) mass is 498 g/mol. The van der Waals surface area contributed by atoms with E-state index in [-0.39, 0.29) is 5.41 Å². The van der Waals surface area contributed by atoms with Crippen LogP contribution in [0.15, 0.2) is 134 Å². The van der Waals surface area contributed by atoms with Crippen LogP contribution in [0.4, 0.5) is 0 Å². The fourth-order valence-corrected chi connectivity index (χ4v) is 7.26. The first-order valence-corrected chi connectivity index (χ1v) is 14.0. The highest BCUT2D eigenvalue weighted by Crippen LogP contribution is 2.51. The van der Waals surface area contributed by atoms with Crippen molar-refractivity contribution in [1.82, 2.24) is 0 Å². The highest BCUT2D eigenvalue weighted by atomic mass is 14.4. The van der Waals surface area contributed by atoms with Crippen LogP contribution >= 0.6 is 0 Å². The Hall–Kier alpha value is -4.42. The normalized spacial score (nSPS) is 20.1. The summed E-state index contributed by atoms with van der Waals surface area (Å²) >= 11 is 0. The Labute approximate surface area is 230 Å². The summed E-state index contributed by atoms with van der Waals surface area (Å²) in [5.41, 5.74) is 10.8. The van der Waals surface area contributed by atoms with E-state index in [1.54, 1.807) is 0 Å².